The molecule has 0 fully saturated rings. The van der Waals surface area contributed by atoms with Gasteiger partial charge in [0.05, 0.1) is 104 Å². The second-order valence-electron chi connectivity index (χ2n) is 27.4. The van der Waals surface area contributed by atoms with Crippen LogP contribution in [0.5, 0.6) is 57.5 Å². The molecule has 3 heterocycles. The maximum absolute atomic E-state index is 12.5. The van der Waals surface area contributed by atoms with E-state index in [2.05, 4.69) is 62.5 Å². The number of carbonyl (C=O) groups excluding carboxylic acids is 8. The zero-order valence-electron chi connectivity index (χ0n) is 67.6. The van der Waals surface area contributed by atoms with Crippen molar-refractivity contribution in [3.8, 4) is 57.5 Å². The molecule has 674 valence electrons. The van der Waals surface area contributed by atoms with E-state index in [-0.39, 0.29) is 123 Å². The SMILES string of the molecule is NC(N)=Nc1cccc(C(=O)NCC(=O)NC(CC(=O)O)c2c(O)ccc3c2OCO3)c1.NC(N)=Nc1cccc(C(=O)NCC(=O)NC(CC(=O)O)c2cc3c(cc2O)OCO3)c1.NC(N)=Nc1cccc(C(=O)NCC(=O)NC(CC(=O)O)c2ccc3c(c2O)OCO3)c1.NC(N)=Nc1cccc(C(=O)NCC(=O)NC(CC(=O)O)c2ccc3ccccc3c2O)c1. The number of nitrogens with one attached hydrogen (secondary N) is 8. The highest BCUT2D eigenvalue weighted by Gasteiger charge is 2.33. The van der Waals surface area contributed by atoms with Crippen LogP contribution < -0.4 is 117 Å². The first kappa shape index (κ1) is 94.8. The summed E-state index contributed by atoms with van der Waals surface area (Å²) in [4.78, 5) is 160. The van der Waals surface area contributed by atoms with Gasteiger partial charge in [0.25, 0.3) is 23.6 Å². The third-order valence-corrected chi connectivity index (χ3v) is 18.0. The molecule has 3 aliphatic heterocycles. The number of phenolic OH excluding ortho intramolecular Hbond substituents is 4. The maximum atomic E-state index is 12.5. The average Bonchev–Trinajstić information content (AvgIpc) is 1.73. The number of rotatable bonds is 32. The fourth-order valence-electron chi connectivity index (χ4n) is 12.5. The van der Waals surface area contributed by atoms with Gasteiger partial charge in [-0.15, -0.1) is 0 Å². The number of aromatic hydroxyl groups is 4. The molecule has 46 nitrogen and oxygen atoms in total. The quantitative estimate of drug-likeness (QED) is 0.0211. The summed E-state index contributed by atoms with van der Waals surface area (Å²) in [6.07, 6.45) is -2.00. The Bertz CT molecular complexity index is 5780. The molecule has 0 aliphatic carbocycles. The van der Waals surface area contributed by atoms with Crippen molar-refractivity contribution in [1.29, 1.82) is 0 Å². The zero-order chi connectivity index (χ0) is 93.7. The lowest BCUT2D eigenvalue weighted by Gasteiger charge is -2.20. The van der Waals surface area contributed by atoms with Gasteiger partial charge in [0.1, 0.15) is 17.2 Å². The molecule has 3 aliphatic rings. The number of aliphatic carboxylic acids is 4. The van der Waals surface area contributed by atoms with Crippen molar-refractivity contribution in [3.05, 3.63) is 214 Å². The Hall–Kier alpha value is -18.0. The van der Waals surface area contributed by atoms with E-state index in [9.17, 15) is 98.4 Å². The summed E-state index contributed by atoms with van der Waals surface area (Å²) >= 11 is 0. The van der Waals surface area contributed by atoms with Crippen molar-refractivity contribution in [3.63, 3.8) is 0 Å². The molecule has 0 saturated heterocycles. The molecular formula is C83H86N20O26. The Balaban J connectivity index is 0.000000194. The molecule has 0 aromatic heterocycles. The molecule has 0 saturated carbocycles. The lowest BCUT2D eigenvalue weighted by atomic mass is 9.98. The molecule has 9 aromatic carbocycles. The van der Waals surface area contributed by atoms with Crippen LogP contribution in [0.3, 0.4) is 0 Å². The molecule has 0 spiro atoms. The first-order chi connectivity index (χ1) is 61.4. The number of nitrogens with two attached hydrogens (primary N) is 8. The molecule has 0 bridgehead atoms. The van der Waals surface area contributed by atoms with E-state index in [0.29, 0.717) is 51.1 Å². The van der Waals surface area contributed by atoms with Crippen LogP contribution in [-0.4, -0.2) is 182 Å². The predicted molar refractivity (Wildman–Crippen MR) is 458 cm³/mol. The van der Waals surface area contributed by atoms with Crippen LogP contribution in [-0.2, 0) is 38.4 Å². The standard InChI is InChI=1S/C23H23N5O5.3C20H21N5O7/c24-23(25)27-15-6-3-5-14(10-15)22(33)26-12-19(29)28-18(11-20(30)31)17-9-8-13-4-1-2-7-16(13)21(17)32;21-20(22)24-11-3-1-2-10(4-11)19(30)23-8-17(27)25-13(6-18(28)29)12-5-15-16(7-14(12)26)32-9-31-15;21-20(22)24-11-3-1-2-10(6-11)19(30)23-8-15(27)25-12(7-16(28)29)17-13(26)4-5-14-18(17)32-9-31-14;21-20(22)24-11-3-1-2-10(6-11)19(30)23-8-15(26)25-13(7-16(27)28)12-4-5-14-18(17(12)29)32-9-31-14/h1-10,18,32H,11-12H2,(H,26,33)(H,28,29)(H,30,31)(H4,24,25,27);1-5,7,13,26H,6,8-9H2,(H,23,30)(H,25,27)(H,28,29)(H4,21,22,24);1-6,12,26H,7-9H2,(H,23,30)(H,25,27)(H,28,29)(H4,21,22,24);1-6,13,29H,7-9H2,(H,23,30)(H,25,26)(H,27,28)(H4,21,22,24). The smallest absolute Gasteiger partial charge is 0.305 e. The Morgan fingerprint density at radius 3 is 1.05 bits per heavy atom. The van der Waals surface area contributed by atoms with Gasteiger partial charge in [0.15, 0.2) is 58.3 Å². The Kier molecular flexibility index (Phi) is 32.8. The molecule has 8 amide bonds. The predicted octanol–water partition coefficient (Wildman–Crippen LogP) is 1.78. The first-order valence-corrected chi connectivity index (χ1v) is 38.0. The van der Waals surface area contributed by atoms with Gasteiger partial charge >= 0.3 is 23.9 Å². The summed E-state index contributed by atoms with van der Waals surface area (Å²) in [7, 11) is 0. The number of carboxylic acids is 4. The van der Waals surface area contributed by atoms with E-state index >= 15 is 0 Å². The minimum atomic E-state index is -1.22. The van der Waals surface area contributed by atoms with Gasteiger partial charge < -0.3 is 158 Å². The van der Waals surface area contributed by atoms with Crippen molar-refractivity contribution >= 4 is 128 Å². The number of nitrogens with zero attached hydrogens (tertiary/aromatic N) is 4. The second kappa shape index (κ2) is 44.7. The highest BCUT2D eigenvalue weighted by molar-refractivity contribution is 6.01. The summed E-state index contributed by atoms with van der Waals surface area (Å²) in [5.74, 6) is -9.80. The molecule has 46 heteroatoms. The number of carboxylic acid groups (broad SMARTS) is 4. The van der Waals surface area contributed by atoms with E-state index in [4.69, 9.17) is 74.3 Å². The van der Waals surface area contributed by atoms with E-state index in [1.54, 1.807) is 78.9 Å². The molecular weight excluding hydrogens is 1690 g/mol. The number of hydrogen-bond donors (Lipinski definition) is 24. The normalized spacial score (nSPS) is 12.2. The van der Waals surface area contributed by atoms with Gasteiger partial charge in [-0.25, -0.2) is 20.0 Å². The Morgan fingerprint density at radius 1 is 0.318 bits per heavy atom. The van der Waals surface area contributed by atoms with Crippen LogP contribution in [0.15, 0.2) is 190 Å². The largest absolute Gasteiger partial charge is 0.507 e. The van der Waals surface area contributed by atoms with Crippen LogP contribution in [0.1, 0.15) is 114 Å². The maximum Gasteiger partial charge on any atom is 0.305 e. The first-order valence-electron chi connectivity index (χ1n) is 38.0. The number of aliphatic imine (C=N–C) groups is 4. The minimum Gasteiger partial charge on any atom is -0.507 e. The monoisotopic (exact) mass is 1780 g/mol. The summed E-state index contributed by atoms with van der Waals surface area (Å²) in [5.41, 5.74) is 45.5. The third kappa shape index (κ3) is 28.0. The minimum absolute atomic E-state index is 0.0371. The van der Waals surface area contributed by atoms with Crippen LogP contribution in [0.4, 0.5) is 22.7 Å². The topological polar surface area (TPSA) is 776 Å². The van der Waals surface area contributed by atoms with Gasteiger partial charge in [-0.3, -0.25) is 57.5 Å². The third-order valence-electron chi connectivity index (χ3n) is 18.0. The average molecular weight is 1780 g/mol. The summed E-state index contributed by atoms with van der Waals surface area (Å²) < 4.78 is 31.3. The van der Waals surface area contributed by atoms with Gasteiger partial charge in [0.2, 0.25) is 49.8 Å². The van der Waals surface area contributed by atoms with Crippen molar-refractivity contribution in [1.82, 2.24) is 42.5 Å². The number of carbonyl (C=O) groups is 12. The number of ether oxygens (including phenoxy) is 6. The molecule has 129 heavy (non-hydrogen) atoms. The molecule has 12 rings (SSSR count). The number of hydrogen-bond acceptors (Lipinski definition) is 26. The second-order valence-corrected chi connectivity index (χ2v) is 27.4. The fraction of sp³-hybridized carbons (Fsp3) is 0.181. The summed E-state index contributed by atoms with van der Waals surface area (Å²) in [6, 6.07) is 39.0. The number of fused-ring (bicyclic) bond motifs is 4. The number of benzene rings is 9. The highest BCUT2D eigenvalue weighted by atomic mass is 16.7. The Morgan fingerprint density at radius 2 is 0.643 bits per heavy atom. The van der Waals surface area contributed by atoms with Crippen LogP contribution in [0.2, 0.25) is 0 Å². The Labute approximate surface area is 728 Å². The van der Waals surface area contributed by atoms with E-state index < -0.39 is 147 Å². The highest BCUT2D eigenvalue weighted by Crippen LogP contribution is 2.47. The summed E-state index contributed by atoms with van der Waals surface area (Å²) in [6.45, 7) is -1.96. The van der Waals surface area contributed by atoms with Gasteiger partial charge in [-0.1, -0.05) is 60.7 Å². The van der Waals surface area contributed by atoms with Crippen molar-refractivity contribution in [2.24, 2.45) is 65.8 Å². The van der Waals surface area contributed by atoms with E-state index in [1.165, 1.54) is 84.9 Å². The zero-order valence-corrected chi connectivity index (χ0v) is 67.6. The van der Waals surface area contributed by atoms with Crippen LogP contribution in [0, 0.1) is 0 Å². The molecule has 0 radical (unpaired) electrons. The number of phenols is 4. The lowest BCUT2D eigenvalue weighted by molar-refractivity contribution is -0.139. The van der Waals surface area contributed by atoms with Crippen LogP contribution in [0.25, 0.3) is 10.8 Å². The van der Waals surface area contributed by atoms with Crippen molar-refractivity contribution in [2.75, 3.05) is 46.6 Å². The number of amides is 8. The molecule has 4 unspecified atom stereocenters. The van der Waals surface area contributed by atoms with Gasteiger partial charge in [0, 0.05) is 50.4 Å². The van der Waals surface area contributed by atoms with E-state index in [1.807, 2.05) is 6.07 Å². The summed E-state index contributed by atoms with van der Waals surface area (Å²) in [5, 5.41) is 99.6. The van der Waals surface area contributed by atoms with E-state index in [0.717, 1.165) is 5.39 Å². The van der Waals surface area contributed by atoms with Crippen molar-refractivity contribution < 1.29 is 127 Å². The van der Waals surface area contributed by atoms with Gasteiger partial charge in [-0.05, 0) is 109 Å². The molecule has 9 aromatic rings. The van der Waals surface area contributed by atoms with Gasteiger partial charge in [-0.2, -0.15) is 0 Å². The fourth-order valence-corrected chi connectivity index (χ4v) is 12.5. The van der Waals surface area contributed by atoms with Crippen molar-refractivity contribution in [2.45, 2.75) is 49.9 Å². The molecule has 32 N–H and O–H groups in total. The molecule has 4 atom stereocenters. The van der Waals surface area contributed by atoms with Crippen LogP contribution >= 0.6 is 0 Å². The number of guanidine groups is 4. The lowest BCUT2D eigenvalue weighted by Crippen LogP contribution is -2.39.